The number of hydrogen-bond acceptors (Lipinski definition) is 12. The van der Waals surface area contributed by atoms with E-state index in [0.717, 1.165) is 37.7 Å². The number of aliphatic hydroxyl groups excluding tert-OH is 2. The molecule has 0 aromatic carbocycles. The second kappa shape index (κ2) is 25.9. The fourth-order valence-electron chi connectivity index (χ4n) is 10.5. The summed E-state index contributed by atoms with van der Waals surface area (Å²) in [7, 11) is 6.27. The fourth-order valence-corrected chi connectivity index (χ4v) is 10.5. The van der Waals surface area contributed by atoms with Crippen LogP contribution in [0.15, 0.2) is 47.6 Å². The van der Waals surface area contributed by atoms with Crippen molar-refractivity contribution in [3.8, 4) is 0 Å². The Hall–Kier alpha value is -3.04. The molecule has 0 aromatic rings. The molecule has 2 saturated heterocycles. The van der Waals surface area contributed by atoms with Crippen LogP contribution in [0, 0.1) is 35.5 Å². The second-order valence-electron chi connectivity index (χ2n) is 19.9. The third-order valence-electron chi connectivity index (χ3n) is 14.9. The van der Waals surface area contributed by atoms with E-state index in [1.54, 1.807) is 46.2 Å². The summed E-state index contributed by atoms with van der Waals surface area (Å²) in [6.45, 7) is 13.7. The number of amides is 1. The van der Waals surface area contributed by atoms with Crippen LogP contribution in [0.25, 0.3) is 0 Å². The monoisotopic (exact) mass is 914 g/mol. The molecule has 13 heteroatoms. The third-order valence-corrected chi connectivity index (χ3v) is 14.9. The van der Waals surface area contributed by atoms with Crippen molar-refractivity contribution in [1.82, 2.24) is 4.90 Å². The number of ether oxygens (including phenoxy) is 6. The third kappa shape index (κ3) is 15.0. The minimum atomic E-state index is -1.21. The number of piperidine rings is 1. The van der Waals surface area contributed by atoms with E-state index in [0.29, 0.717) is 50.6 Å². The molecular formula is C52H83NO12. The maximum Gasteiger partial charge on any atom is 0.329 e. The van der Waals surface area contributed by atoms with Crippen molar-refractivity contribution in [2.75, 3.05) is 35.0 Å². The van der Waals surface area contributed by atoms with E-state index in [2.05, 4.69) is 0 Å². The number of methoxy groups -OCH3 is 4. The van der Waals surface area contributed by atoms with Gasteiger partial charge in [0, 0.05) is 65.6 Å². The fraction of sp³-hybridized carbons (Fsp3) is 0.769. The van der Waals surface area contributed by atoms with Crippen molar-refractivity contribution in [3.05, 3.63) is 47.6 Å². The number of nitrogens with zero attached hydrogens (tertiary/aromatic N) is 1. The van der Waals surface area contributed by atoms with Crippen molar-refractivity contribution in [1.29, 1.82) is 0 Å². The van der Waals surface area contributed by atoms with Gasteiger partial charge in [0.05, 0.1) is 36.9 Å². The highest BCUT2D eigenvalue weighted by atomic mass is 16.7. The molecule has 13 nitrogen and oxygen atoms in total. The Morgan fingerprint density at radius 2 is 1.60 bits per heavy atom. The molecule has 3 heterocycles. The first kappa shape index (κ1) is 54.6. The Morgan fingerprint density at radius 1 is 0.862 bits per heavy atom. The van der Waals surface area contributed by atoms with Crippen LogP contribution in [0.2, 0.25) is 0 Å². The SMILES string of the molecule is CO[C@H]1C[C@@H]2CC[C@@H](C)[C@](OC)(CC(=O)N3CCCCC3C(=O)O[C@H]([C@H](C)C[C@@H]3CC[C@@H](O)[C@H](OC)C3)CC(=O)C(C)=CC(C)[C@@H](O)[C@@H](OC)C(=O)[C@H](C)C[C@H](C)C=CC=CC=C1C)O2. The molecule has 0 radical (unpaired) electrons. The van der Waals surface area contributed by atoms with Gasteiger partial charge in [0.25, 0.3) is 0 Å². The van der Waals surface area contributed by atoms with Gasteiger partial charge in [-0.25, -0.2) is 4.79 Å². The first-order valence-electron chi connectivity index (χ1n) is 24.3. The molecule has 2 N–H and O–H groups in total. The first-order valence-corrected chi connectivity index (χ1v) is 24.3. The van der Waals surface area contributed by atoms with Crippen LogP contribution in [-0.2, 0) is 47.6 Å². The quantitative estimate of drug-likeness (QED) is 0.240. The van der Waals surface area contributed by atoms with Crippen molar-refractivity contribution >= 4 is 23.4 Å². The molecule has 1 amide bonds. The van der Waals surface area contributed by atoms with Gasteiger partial charge in [0.15, 0.2) is 17.4 Å². The van der Waals surface area contributed by atoms with Gasteiger partial charge in [-0.15, -0.1) is 0 Å². The number of ketones is 2. The van der Waals surface area contributed by atoms with Gasteiger partial charge in [-0.05, 0) is 107 Å². The molecule has 15 atom stereocenters. The van der Waals surface area contributed by atoms with Crippen LogP contribution >= 0.6 is 0 Å². The van der Waals surface area contributed by atoms with Crippen LogP contribution in [0.5, 0.6) is 0 Å². The maximum absolute atomic E-state index is 14.5. The summed E-state index contributed by atoms with van der Waals surface area (Å²) in [4.78, 5) is 58.4. The molecule has 4 rings (SSSR count). The second-order valence-corrected chi connectivity index (χ2v) is 19.9. The minimum Gasteiger partial charge on any atom is -0.460 e. The topological polar surface area (TPSA) is 167 Å². The highest BCUT2D eigenvalue weighted by molar-refractivity contribution is 5.95. The Kier molecular flexibility index (Phi) is 21.8. The van der Waals surface area contributed by atoms with E-state index in [9.17, 15) is 29.4 Å². The average Bonchev–Trinajstić information content (AvgIpc) is 3.28. The number of cyclic esters (lactones) is 1. The van der Waals surface area contributed by atoms with Crippen molar-refractivity contribution < 1.29 is 57.8 Å². The number of allylic oxidation sites excluding steroid dienone is 6. The summed E-state index contributed by atoms with van der Waals surface area (Å²) < 4.78 is 36.4. The van der Waals surface area contributed by atoms with Crippen molar-refractivity contribution in [3.63, 3.8) is 0 Å². The largest absolute Gasteiger partial charge is 0.460 e. The summed E-state index contributed by atoms with van der Waals surface area (Å²) in [5, 5.41) is 22.0. The maximum atomic E-state index is 14.5. The van der Waals surface area contributed by atoms with Crippen LogP contribution in [0.1, 0.15) is 132 Å². The molecule has 368 valence electrons. The van der Waals surface area contributed by atoms with E-state index >= 15 is 0 Å². The van der Waals surface area contributed by atoms with Gasteiger partial charge in [-0.1, -0.05) is 71.1 Å². The van der Waals surface area contributed by atoms with Crippen LogP contribution in [0.3, 0.4) is 0 Å². The zero-order valence-corrected chi connectivity index (χ0v) is 41.4. The van der Waals surface area contributed by atoms with Crippen LogP contribution in [-0.4, -0.2) is 128 Å². The number of esters is 1. The van der Waals surface area contributed by atoms with Crippen LogP contribution < -0.4 is 0 Å². The molecule has 0 aromatic heterocycles. The van der Waals surface area contributed by atoms with Crippen molar-refractivity contribution in [2.24, 2.45) is 35.5 Å². The Balaban J connectivity index is 1.69. The number of aliphatic hydroxyl groups is 2. The summed E-state index contributed by atoms with van der Waals surface area (Å²) >= 11 is 0. The van der Waals surface area contributed by atoms with E-state index in [-0.39, 0.29) is 72.3 Å². The summed E-state index contributed by atoms with van der Waals surface area (Å²) in [5.74, 6) is -3.61. The number of carbonyl (C=O) groups excluding carboxylic acids is 4. The highest BCUT2D eigenvalue weighted by Crippen LogP contribution is 2.41. The van der Waals surface area contributed by atoms with Gasteiger partial charge in [-0.2, -0.15) is 0 Å². The molecular weight excluding hydrogens is 831 g/mol. The van der Waals surface area contributed by atoms with Gasteiger partial charge >= 0.3 is 5.97 Å². The molecule has 3 fully saturated rings. The zero-order valence-electron chi connectivity index (χ0n) is 41.4. The normalized spacial score (nSPS) is 37.8. The average molecular weight is 914 g/mol. The summed E-state index contributed by atoms with van der Waals surface area (Å²) in [5.41, 5.74) is 1.39. The molecule has 0 spiro atoms. The van der Waals surface area contributed by atoms with Gasteiger partial charge in [0.1, 0.15) is 18.2 Å². The van der Waals surface area contributed by atoms with E-state index in [1.807, 2.05) is 65.0 Å². The zero-order chi connectivity index (χ0) is 48.0. The van der Waals surface area contributed by atoms with E-state index < -0.39 is 54.0 Å². The van der Waals surface area contributed by atoms with E-state index in [1.165, 1.54) is 7.11 Å². The summed E-state index contributed by atoms with van der Waals surface area (Å²) in [6, 6.07) is -0.849. The lowest BCUT2D eigenvalue weighted by molar-refractivity contribution is -0.297. The smallest absolute Gasteiger partial charge is 0.329 e. The standard InChI is InChI=1S/C52H83NO12/c1-32-17-13-12-14-18-33(2)44(60-8)29-40-22-20-38(7)52(63-11,65-40)31-47(56)53-24-16-15-19-41(53)51(59)64-45(35(4)27-39-21-23-42(54)46(28-39)61-9)30-43(55)34(3)26-37(6)49(58)50(62-10)48(57)36(5)25-32/h12-14,17-18,26,32,35-42,44-46,49-50,54,58H,15-16,19-25,27-31H2,1-11H3/t32-,35-,36-,37?,38-,39+,40+,41?,42-,44+,45+,46-,49-,50+,52+/m1/s1. The predicted molar refractivity (Wildman–Crippen MR) is 250 cm³/mol. The predicted octanol–water partition coefficient (Wildman–Crippen LogP) is 7.66. The Morgan fingerprint density at radius 3 is 2.28 bits per heavy atom. The lowest BCUT2D eigenvalue weighted by Gasteiger charge is -2.46. The van der Waals surface area contributed by atoms with Crippen LogP contribution in [0.4, 0.5) is 0 Å². The number of hydrogen-bond donors (Lipinski definition) is 2. The molecule has 4 aliphatic rings. The number of Topliss-reactive ketones (excluding diaryl/α,β-unsaturated/α-hetero) is 2. The van der Waals surface area contributed by atoms with E-state index in [4.69, 9.17) is 28.4 Å². The number of rotatable bonds is 7. The van der Waals surface area contributed by atoms with Crippen molar-refractivity contribution in [2.45, 2.75) is 186 Å². The van der Waals surface area contributed by atoms with Gasteiger partial charge < -0.3 is 43.5 Å². The lowest BCUT2D eigenvalue weighted by atomic mass is 9.78. The number of carbonyl (C=O) groups is 4. The van der Waals surface area contributed by atoms with Gasteiger partial charge in [-0.3, -0.25) is 14.4 Å². The minimum absolute atomic E-state index is 0.0633. The summed E-state index contributed by atoms with van der Waals surface area (Å²) in [6.07, 6.45) is 14.1. The molecule has 65 heavy (non-hydrogen) atoms. The molecule has 1 saturated carbocycles. The number of fused-ring (bicyclic) bond motifs is 3. The molecule has 2 unspecified atom stereocenters. The molecule has 2 bridgehead atoms. The Bertz CT molecular complexity index is 1690. The molecule has 1 aliphatic carbocycles. The molecule has 3 aliphatic heterocycles. The first-order chi connectivity index (χ1) is 30.9. The highest BCUT2D eigenvalue weighted by Gasteiger charge is 2.48. The van der Waals surface area contributed by atoms with Gasteiger partial charge in [0.2, 0.25) is 5.91 Å². The Labute approximate surface area is 389 Å². The lowest BCUT2D eigenvalue weighted by Crippen LogP contribution is -2.55.